The molecule has 1 aromatic heterocycles. The van der Waals surface area contributed by atoms with E-state index in [0.717, 1.165) is 23.8 Å². The van der Waals surface area contributed by atoms with Gasteiger partial charge in [0, 0.05) is 18.9 Å². The van der Waals surface area contributed by atoms with Crippen molar-refractivity contribution in [1.29, 1.82) is 0 Å². The van der Waals surface area contributed by atoms with Crippen LogP contribution in [0.2, 0.25) is 0 Å². The lowest BCUT2D eigenvalue weighted by molar-refractivity contribution is -0.673. The Hall–Kier alpha value is -1.99. The summed E-state index contributed by atoms with van der Waals surface area (Å²) in [6.07, 6.45) is 3.99. The molecule has 0 atom stereocenters. The number of carboxylic acids is 1. The number of pyridine rings is 1. The first kappa shape index (κ1) is 17.4. The van der Waals surface area contributed by atoms with E-state index in [-0.39, 0.29) is 11.3 Å². The summed E-state index contributed by atoms with van der Waals surface area (Å²) in [6.45, 7) is 2.44. The van der Waals surface area contributed by atoms with Crippen LogP contribution in [-0.2, 0) is 21.5 Å². The van der Waals surface area contributed by atoms with Crippen molar-refractivity contribution in [3.05, 3.63) is 36.0 Å². The van der Waals surface area contributed by atoms with Gasteiger partial charge in [0.25, 0.3) is 0 Å². The van der Waals surface area contributed by atoms with Crippen molar-refractivity contribution >= 4 is 27.0 Å². The van der Waals surface area contributed by atoms with Crippen LogP contribution < -0.4 is 4.57 Å². The molecule has 2 aromatic rings. The molecule has 1 heterocycles. The third-order valence-corrected chi connectivity index (χ3v) is 4.67. The molecule has 0 aliphatic rings. The second-order valence-electron chi connectivity index (χ2n) is 5.52. The fourth-order valence-electron chi connectivity index (χ4n) is 2.63. The Bertz CT molecular complexity index is 830. The molecule has 0 amide bonds. The number of aromatic nitrogens is 1. The van der Waals surface area contributed by atoms with E-state index in [1.54, 1.807) is 16.8 Å². The Balaban J connectivity index is 2.33. The Kier molecular flexibility index (Phi) is 5.33. The van der Waals surface area contributed by atoms with E-state index in [2.05, 4.69) is 0 Å². The number of rotatable bonds is 7. The second-order valence-corrected chi connectivity index (χ2v) is 6.91. The summed E-state index contributed by atoms with van der Waals surface area (Å²) >= 11 is 0. The fraction of sp³-hybridized carbons (Fsp3) is 0.375. The Morgan fingerprint density at radius 1 is 1.17 bits per heavy atom. The molecule has 0 spiro atoms. The van der Waals surface area contributed by atoms with E-state index in [1.165, 1.54) is 6.07 Å². The molecule has 7 heteroatoms. The maximum atomic E-state index is 11.6. The molecule has 124 valence electrons. The van der Waals surface area contributed by atoms with Crippen molar-refractivity contribution < 1.29 is 27.4 Å². The van der Waals surface area contributed by atoms with Crippen molar-refractivity contribution in [3.63, 3.8) is 0 Å². The lowest BCUT2D eigenvalue weighted by atomic mass is 10.1. The standard InChI is InChI=1S/C16H19NO5S/c1-12-9-11-17(10-4-2-3-8-15(18)19)16-13(12)6-5-7-14(16)23(20,21)22/h5-7,9,11H,2-4,8,10H2,1H3,(H-,18,19,20,21,22)/p+1. The van der Waals surface area contributed by atoms with Crippen LogP contribution in [-0.4, -0.2) is 24.0 Å². The van der Waals surface area contributed by atoms with Gasteiger partial charge in [0.05, 0.1) is 5.39 Å². The number of benzene rings is 1. The highest BCUT2D eigenvalue weighted by atomic mass is 32.2. The smallest absolute Gasteiger partial charge is 0.303 e. The number of aryl methyl sites for hydroxylation is 2. The Morgan fingerprint density at radius 2 is 1.91 bits per heavy atom. The van der Waals surface area contributed by atoms with Crippen LogP contribution in [0.15, 0.2) is 35.4 Å². The second kappa shape index (κ2) is 7.06. The summed E-state index contributed by atoms with van der Waals surface area (Å²) in [5.41, 5.74) is 1.40. The van der Waals surface area contributed by atoms with Gasteiger partial charge in [-0.2, -0.15) is 13.0 Å². The lowest BCUT2D eigenvalue weighted by Gasteiger charge is -2.07. The van der Waals surface area contributed by atoms with Crippen LogP contribution >= 0.6 is 0 Å². The van der Waals surface area contributed by atoms with Gasteiger partial charge in [0.1, 0.15) is 6.54 Å². The highest BCUT2D eigenvalue weighted by Crippen LogP contribution is 2.22. The van der Waals surface area contributed by atoms with Gasteiger partial charge in [-0.15, -0.1) is 0 Å². The molecule has 2 rings (SSSR count). The van der Waals surface area contributed by atoms with Gasteiger partial charge in [0.15, 0.2) is 11.1 Å². The van der Waals surface area contributed by atoms with Gasteiger partial charge >= 0.3 is 16.1 Å². The molecule has 0 aliphatic carbocycles. The minimum Gasteiger partial charge on any atom is -0.481 e. The number of aliphatic carboxylic acids is 1. The van der Waals surface area contributed by atoms with Gasteiger partial charge in [0.2, 0.25) is 5.52 Å². The topological polar surface area (TPSA) is 95.5 Å². The van der Waals surface area contributed by atoms with Gasteiger partial charge in [-0.1, -0.05) is 6.07 Å². The average molecular weight is 338 g/mol. The van der Waals surface area contributed by atoms with Crippen LogP contribution in [0.4, 0.5) is 0 Å². The van der Waals surface area contributed by atoms with Crippen molar-refractivity contribution in [2.45, 2.75) is 44.0 Å². The van der Waals surface area contributed by atoms with Crippen LogP contribution in [0.25, 0.3) is 10.9 Å². The number of nitrogens with zero attached hydrogens (tertiary/aromatic N) is 1. The normalized spacial score (nSPS) is 11.7. The molecule has 1 aromatic carbocycles. The molecule has 0 radical (unpaired) electrons. The molecule has 0 aliphatic heterocycles. The number of hydrogen-bond donors (Lipinski definition) is 2. The van der Waals surface area contributed by atoms with Crippen molar-refractivity contribution in [1.82, 2.24) is 0 Å². The SMILES string of the molecule is Cc1cc[n+](CCCCCC(=O)O)c2c(S(=O)(=O)O)cccc12. The largest absolute Gasteiger partial charge is 0.481 e. The molecule has 0 bridgehead atoms. The molecule has 2 N–H and O–H groups in total. The van der Waals surface area contributed by atoms with E-state index in [4.69, 9.17) is 5.11 Å². The summed E-state index contributed by atoms with van der Waals surface area (Å²) in [6, 6.07) is 6.71. The minimum atomic E-state index is -4.31. The lowest BCUT2D eigenvalue weighted by Crippen LogP contribution is -2.35. The number of carbonyl (C=O) groups is 1. The van der Waals surface area contributed by atoms with Gasteiger partial charge in [-0.3, -0.25) is 9.35 Å². The monoisotopic (exact) mass is 338 g/mol. The molecule has 0 saturated heterocycles. The minimum absolute atomic E-state index is 0.107. The highest BCUT2D eigenvalue weighted by Gasteiger charge is 2.23. The Labute approximate surface area is 135 Å². The zero-order chi connectivity index (χ0) is 17.0. The van der Waals surface area contributed by atoms with Crippen molar-refractivity contribution in [3.8, 4) is 0 Å². The van der Waals surface area contributed by atoms with Crippen molar-refractivity contribution in [2.75, 3.05) is 0 Å². The third kappa shape index (κ3) is 4.27. The van der Waals surface area contributed by atoms with E-state index in [0.29, 0.717) is 18.5 Å². The number of para-hydroxylation sites is 1. The maximum absolute atomic E-state index is 11.6. The zero-order valence-corrected chi connectivity index (χ0v) is 13.7. The molecule has 0 fully saturated rings. The molecule has 23 heavy (non-hydrogen) atoms. The van der Waals surface area contributed by atoms with Crippen LogP contribution in [0.3, 0.4) is 0 Å². The van der Waals surface area contributed by atoms with Gasteiger partial charge < -0.3 is 5.11 Å². The molecule has 6 nitrogen and oxygen atoms in total. The van der Waals surface area contributed by atoms with E-state index in [9.17, 15) is 17.8 Å². The number of hydrogen-bond acceptors (Lipinski definition) is 3. The van der Waals surface area contributed by atoms with E-state index < -0.39 is 16.1 Å². The molecular weight excluding hydrogens is 318 g/mol. The van der Waals surface area contributed by atoms with E-state index in [1.807, 2.05) is 19.1 Å². The molecular formula is C16H20NO5S+. The first-order valence-corrected chi connectivity index (χ1v) is 8.86. The summed E-state index contributed by atoms with van der Waals surface area (Å²) in [4.78, 5) is 10.4. The number of unbranched alkanes of at least 4 members (excludes halogenated alkanes) is 2. The first-order valence-electron chi connectivity index (χ1n) is 7.42. The maximum Gasteiger partial charge on any atom is 0.303 e. The van der Waals surface area contributed by atoms with E-state index >= 15 is 0 Å². The van der Waals surface area contributed by atoms with Crippen LogP contribution in [0.1, 0.15) is 31.2 Å². The van der Waals surface area contributed by atoms with Gasteiger partial charge in [-0.05, 0) is 37.5 Å². The quantitative estimate of drug-likeness (QED) is 0.459. The van der Waals surface area contributed by atoms with Crippen molar-refractivity contribution in [2.24, 2.45) is 0 Å². The number of fused-ring (bicyclic) bond motifs is 1. The average Bonchev–Trinajstić information content (AvgIpc) is 2.47. The summed E-state index contributed by atoms with van der Waals surface area (Å²) in [5.74, 6) is -0.813. The summed E-state index contributed by atoms with van der Waals surface area (Å²) in [5, 5.41) is 9.40. The fourth-order valence-corrected chi connectivity index (χ4v) is 3.35. The predicted octanol–water partition coefficient (Wildman–Crippen LogP) is 2.33. The molecule has 0 saturated carbocycles. The van der Waals surface area contributed by atoms with Crippen LogP contribution in [0.5, 0.6) is 0 Å². The molecule has 0 unspecified atom stereocenters. The third-order valence-electron chi connectivity index (χ3n) is 3.78. The van der Waals surface area contributed by atoms with Gasteiger partial charge in [-0.25, -0.2) is 0 Å². The first-order chi connectivity index (χ1) is 10.8. The number of carboxylic acid groups (broad SMARTS) is 1. The predicted molar refractivity (Wildman–Crippen MR) is 84.8 cm³/mol. The highest BCUT2D eigenvalue weighted by molar-refractivity contribution is 7.86. The summed E-state index contributed by atoms with van der Waals surface area (Å²) < 4.78 is 34.5. The van der Waals surface area contributed by atoms with Crippen LogP contribution in [0, 0.1) is 6.92 Å². The zero-order valence-electron chi connectivity index (χ0n) is 12.9. The Morgan fingerprint density at radius 3 is 2.57 bits per heavy atom. The summed E-state index contributed by atoms with van der Waals surface area (Å²) in [7, 11) is -4.31.